The van der Waals surface area contributed by atoms with Gasteiger partial charge in [0.05, 0.1) is 28.5 Å². The van der Waals surface area contributed by atoms with Crippen molar-refractivity contribution in [1.82, 2.24) is 4.72 Å². The third-order valence-corrected chi connectivity index (χ3v) is 8.52. The molecule has 0 aliphatic heterocycles. The van der Waals surface area contributed by atoms with Crippen molar-refractivity contribution in [3.63, 3.8) is 0 Å². The molecule has 3 aromatic rings. The Kier molecular flexibility index (Phi) is 9.51. The SMILES string of the molecule is CCOC(=O)c1ccc(NC(=O)C(C)(CNS(=O)(=O)c2ccc(Cl)cc2)OS(=O)(=O)c2cccc(C)c2)cc1. The molecule has 1 atom stereocenters. The highest BCUT2D eigenvalue weighted by atomic mass is 35.5. The molecule has 0 aliphatic carbocycles. The van der Waals surface area contributed by atoms with E-state index < -0.39 is 44.2 Å². The number of halogens is 1. The van der Waals surface area contributed by atoms with Crippen molar-refractivity contribution in [3.05, 3.63) is 88.9 Å². The van der Waals surface area contributed by atoms with Gasteiger partial charge in [-0.2, -0.15) is 8.42 Å². The van der Waals surface area contributed by atoms with E-state index in [1.807, 2.05) is 0 Å². The highest BCUT2D eigenvalue weighted by Crippen LogP contribution is 2.24. The highest BCUT2D eigenvalue weighted by molar-refractivity contribution is 7.89. The van der Waals surface area contributed by atoms with Gasteiger partial charge in [-0.3, -0.25) is 4.79 Å². The first kappa shape index (κ1) is 30.3. The Balaban J connectivity index is 1.90. The number of esters is 1. The van der Waals surface area contributed by atoms with Crippen LogP contribution >= 0.6 is 11.6 Å². The Morgan fingerprint density at radius 1 is 0.923 bits per heavy atom. The molecule has 0 fully saturated rings. The molecule has 0 aliphatic rings. The van der Waals surface area contributed by atoms with Crippen molar-refractivity contribution in [2.75, 3.05) is 18.5 Å². The molecule has 0 saturated heterocycles. The van der Waals surface area contributed by atoms with Crippen LogP contribution in [-0.2, 0) is 33.9 Å². The number of rotatable bonds is 11. The maximum absolute atomic E-state index is 13.4. The van der Waals surface area contributed by atoms with Gasteiger partial charge in [-0.05, 0) is 87.0 Å². The Morgan fingerprint density at radius 3 is 2.15 bits per heavy atom. The van der Waals surface area contributed by atoms with Gasteiger partial charge in [-0.15, -0.1) is 0 Å². The van der Waals surface area contributed by atoms with Gasteiger partial charge in [-0.1, -0.05) is 23.7 Å². The molecular weight excluding hydrogens is 568 g/mol. The molecule has 39 heavy (non-hydrogen) atoms. The van der Waals surface area contributed by atoms with Gasteiger partial charge >= 0.3 is 5.97 Å². The summed E-state index contributed by atoms with van der Waals surface area (Å²) >= 11 is 5.83. The van der Waals surface area contributed by atoms with Crippen molar-refractivity contribution in [1.29, 1.82) is 0 Å². The summed E-state index contributed by atoms with van der Waals surface area (Å²) in [6, 6.07) is 16.8. The van der Waals surface area contributed by atoms with Crippen LogP contribution in [0.1, 0.15) is 29.8 Å². The number of benzene rings is 3. The predicted molar refractivity (Wildman–Crippen MR) is 146 cm³/mol. The first-order valence-corrected chi connectivity index (χ1v) is 14.9. The van der Waals surface area contributed by atoms with Crippen LogP contribution in [0.4, 0.5) is 5.69 Å². The van der Waals surface area contributed by atoms with Crippen molar-refractivity contribution in [2.24, 2.45) is 0 Å². The van der Waals surface area contributed by atoms with E-state index in [9.17, 15) is 26.4 Å². The largest absolute Gasteiger partial charge is 0.462 e. The van der Waals surface area contributed by atoms with Crippen LogP contribution in [0.3, 0.4) is 0 Å². The van der Waals surface area contributed by atoms with Crippen molar-refractivity contribution >= 4 is 49.3 Å². The standard InChI is InChI=1S/C26H27ClN2O8S2/c1-4-36-24(30)19-8-12-21(13-9-19)29-25(31)26(3,37-39(34,35)23-7-5-6-18(2)16-23)17-28-38(32,33)22-14-10-20(27)11-15-22/h5-16,28H,4,17H2,1-3H3,(H,29,31). The number of hydrogen-bond acceptors (Lipinski definition) is 8. The zero-order chi connectivity index (χ0) is 28.8. The van der Waals surface area contributed by atoms with E-state index in [2.05, 4.69) is 10.0 Å². The van der Waals surface area contributed by atoms with Crippen LogP contribution in [-0.4, -0.2) is 47.5 Å². The van der Waals surface area contributed by atoms with E-state index in [1.165, 1.54) is 66.7 Å². The molecule has 1 amide bonds. The van der Waals surface area contributed by atoms with Gasteiger partial charge in [0, 0.05) is 10.7 Å². The van der Waals surface area contributed by atoms with Gasteiger partial charge in [0.25, 0.3) is 16.0 Å². The van der Waals surface area contributed by atoms with Crippen LogP contribution in [0.25, 0.3) is 0 Å². The molecule has 208 valence electrons. The average molecular weight is 595 g/mol. The number of carbonyl (C=O) groups is 2. The summed E-state index contributed by atoms with van der Waals surface area (Å²) in [6.45, 7) is 3.95. The quantitative estimate of drug-likeness (QED) is 0.251. The number of anilines is 1. The predicted octanol–water partition coefficient (Wildman–Crippen LogP) is 3.91. The molecule has 3 aromatic carbocycles. The number of hydrogen-bond donors (Lipinski definition) is 2. The van der Waals surface area contributed by atoms with E-state index in [1.54, 1.807) is 19.9 Å². The lowest BCUT2D eigenvalue weighted by Crippen LogP contribution is -2.52. The normalized spacial score (nSPS) is 13.3. The molecular formula is C26H27ClN2O8S2. The van der Waals surface area contributed by atoms with Gasteiger partial charge < -0.3 is 10.1 Å². The first-order chi connectivity index (χ1) is 18.3. The fraction of sp³-hybridized carbons (Fsp3) is 0.231. The summed E-state index contributed by atoms with van der Waals surface area (Å²) in [5.41, 5.74) is -1.15. The number of sulfonamides is 1. The summed E-state index contributed by atoms with van der Waals surface area (Å²) in [4.78, 5) is 24.9. The van der Waals surface area contributed by atoms with Gasteiger partial charge in [0.15, 0.2) is 5.60 Å². The Hall–Kier alpha value is -3.29. The minimum atomic E-state index is -4.51. The number of amides is 1. The lowest BCUT2D eigenvalue weighted by molar-refractivity contribution is -0.129. The van der Waals surface area contributed by atoms with E-state index in [-0.39, 0.29) is 27.6 Å². The molecule has 1 unspecified atom stereocenters. The molecule has 2 N–H and O–H groups in total. The molecule has 0 bridgehead atoms. The third kappa shape index (κ3) is 7.87. The summed E-state index contributed by atoms with van der Waals surface area (Å²) in [6.07, 6.45) is 0. The maximum Gasteiger partial charge on any atom is 0.338 e. The zero-order valence-corrected chi connectivity index (χ0v) is 23.7. The fourth-order valence-corrected chi connectivity index (χ4v) is 5.85. The summed E-state index contributed by atoms with van der Waals surface area (Å²) in [7, 11) is -8.69. The van der Waals surface area contributed by atoms with Crippen LogP contribution in [0.5, 0.6) is 0 Å². The van der Waals surface area contributed by atoms with Crippen molar-refractivity contribution in [2.45, 2.75) is 36.2 Å². The van der Waals surface area contributed by atoms with Crippen LogP contribution < -0.4 is 10.0 Å². The molecule has 3 rings (SSSR count). The summed E-state index contributed by atoms with van der Waals surface area (Å²) in [5, 5.41) is 2.84. The van der Waals surface area contributed by atoms with Gasteiger partial charge in [0.1, 0.15) is 0 Å². The van der Waals surface area contributed by atoms with Crippen LogP contribution in [0.2, 0.25) is 5.02 Å². The molecule has 13 heteroatoms. The second-order valence-electron chi connectivity index (χ2n) is 8.62. The Morgan fingerprint density at radius 2 is 1.56 bits per heavy atom. The second-order valence-corrected chi connectivity index (χ2v) is 12.4. The van der Waals surface area contributed by atoms with Crippen molar-refractivity contribution in [3.8, 4) is 0 Å². The lowest BCUT2D eigenvalue weighted by Gasteiger charge is -2.28. The Labute approximate surface area is 232 Å². The Bertz CT molecular complexity index is 1560. The number of nitrogens with one attached hydrogen (secondary N) is 2. The fourth-order valence-electron chi connectivity index (χ4n) is 3.31. The molecule has 0 saturated carbocycles. The van der Waals surface area contributed by atoms with Gasteiger partial charge in [0.2, 0.25) is 10.0 Å². The average Bonchev–Trinajstić information content (AvgIpc) is 2.88. The third-order valence-electron chi connectivity index (χ3n) is 5.43. The smallest absolute Gasteiger partial charge is 0.338 e. The maximum atomic E-state index is 13.4. The molecule has 10 nitrogen and oxygen atoms in total. The number of aryl methyl sites for hydroxylation is 1. The molecule has 0 radical (unpaired) electrons. The highest BCUT2D eigenvalue weighted by Gasteiger charge is 2.41. The van der Waals surface area contributed by atoms with Crippen LogP contribution in [0, 0.1) is 6.92 Å². The second kappa shape index (κ2) is 12.3. The van der Waals surface area contributed by atoms with Crippen LogP contribution in [0.15, 0.2) is 82.6 Å². The number of ether oxygens (including phenoxy) is 1. The summed E-state index contributed by atoms with van der Waals surface area (Å²) < 4.78 is 64.5. The van der Waals surface area contributed by atoms with E-state index in [0.29, 0.717) is 10.6 Å². The van der Waals surface area contributed by atoms with Gasteiger partial charge in [-0.25, -0.2) is 22.1 Å². The first-order valence-electron chi connectivity index (χ1n) is 11.6. The van der Waals surface area contributed by atoms with E-state index in [0.717, 1.165) is 6.92 Å². The molecule has 0 heterocycles. The topological polar surface area (TPSA) is 145 Å². The zero-order valence-electron chi connectivity index (χ0n) is 21.3. The monoisotopic (exact) mass is 594 g/mol. The van der Waals surface area contributed by atoms with E-state index >= 15 is 0 Å². The molecule has 0 aromatic heterocycles. The molecule has 0 spiro atoms. The minimum absolute atomic E-state index is 0.147. The summed E-state index contributed by atoms with van der Waals surface area (Å²) in [5.74, 6) is -1.51. The van der Waals surface area contributed by atoms with Crippen molar-refractivity contribution < 1.29 is 35.3 Å². The van der Waals surface area contributed by atoms with E-state index in [4.69, 9.17) is 20.5 Å². The lowest BCUT2D eigenvalue weighted by atomic mass is 10.1. The number of carbonyl (C=O) groups excluding carboxylic acids is 2. The minimum Gasteiger partial charge on any atom is -0.462 e.